The van der Waals surface area contributed by atoms with E-state index in [-0.39, 0.29) is 10.9 Å². The second-order valence-electron chi connectivity index (χ2n) is 3.41. The van der Waals surface area contributed by atoms with Crippen LogP contribution >= 0.6 is 11.6 Å². The van der Waals surface area contributed by atoms with Gasteiger partial charge in [0.05, 0.1) is 16.6 Å². The van der Waals surface area contributed by atoms with Crippen LogP contribution < -0.4 is 0 Å². The van der Waals surface area contributed by atoms with E-state index in [1.807, 2.05) is 0 Å². The van der Waals surface area contributed by atoms with Gasteiger partial charge in [0.2, 0.25) is 9.84 Å². The van der Waals surface area contributed by atoms with E-state index in [1.54, 1.807) is 27.0 Å². The van der Waals surface area contributed by atoms with E-state index in [9.17, 15) is 8.42 Å². The maximum absolute atomic E-state index is 11.9. The minimum atomic E-state index is -3.45. The Morgan fingerprint density at radius 3 is 2.60 bits per heavy atom. The molecule has 1 unspecified atom stereocenters. The highest BCUT2D eigenvalue weighted by Crippen LogP contribution is 2.17. The highest BCUT2D eigenvalue weighted by atomic mass is 35.5. The van der Waals surface area contributed by atoms with Crippen LogP contribution in [-0.4, -0.2) is 29.5 Å². The molecule has 0 spiro atoms. The largest absolute Gasteiger partial charge is 0.257 e. The Labute approximate surface area is 94.6 Å². The maximum atomic E-state index is 11.9. The van der Waals surface area contributed by atoms with Crippen molar-refractivity contribution in [3.63, 3.8) is 0 Å². The van der Waals surface area contributed by atoms with Crippen molar-refractivity contribution < 1.29 is 8.42 Å². The first kappa shape index (κ1) is 12.4. The molecule has 0 aliphatic carbocycles. The summed E-state index contributed by atoms with van der Waals surface area (Å²) < 4.78 is 23.9. The number of nitrogens with zero attached hydrogens (tertiary/aromatic N) is 2. The van der Waals surface area contributed by atoms with Gasteiger partial charge in [-0.3, -0.25) is 4.98 Å². The average Bonchev–Trinajstić information content (AvgIpc) is 2.20. The van der Waals surface area contributed by atoms with Crippen LogP contribution in [-0.2, 0) is 9.84 Å². The SMILES string of the molecule is Cc1cnc(C)c(S(=O)(=O)C(C)CCl)n1. The fraction of sp³-hybridized carbons (Fsp3) is 0.556. The van der Waals surface area contributed by atoms with Gasteiger partial charge in [0, 0.05) is 12.1 Å². The quantitative estimate of drug-likeness (QED) is 0.761. The van der Waals surface area contributed by atoms with E-state index in [0.717, 1.165) is 0 Å². The van der Waals surface area contributed by atoms with Gasteiger partial charge in [0.1, 0.15) is 0 Å². The van der Waals surface area contributed by atoms with Crippen LogP contribution in [0.1, 0.15) is 18.3 Å². The predicted octanol–water partition coefficient (Wildman–Crippen LogP) is 1.49. The van der Waals surface area contributed by atoms with Crippen molar-refractivity contribution in [2.24, 2.45) is 0 Å². The van der Waals surface area contributed by atoms with Gasteiger partial charge >= 0.3 is 0 Å². The van der Waals surface area contributed by atoms with Crippen LogP contribution in [0.5, 0.6) is 0 Å². The minimum Gasteiger partial charge on any atom is -0.257 e. The van der Waals surface area contributed by atoms with E-state index < -0.39 is 15.1 Å². The number of hydrogen-bond acceptors (Lipinski definition) is 4. The van der Waals surface area contributed by atoms with Gasteiger partial charge in [0.15, 0.2) is 5.03 Å². The molecule has 6 heteroatoms. The molecule has 0 saturated heterocycles. The number of hydrogen-bond donors (Lipinski definition) is 0. The van der Waals surface area contributed by atoms with Crippen molar-refractivity contribution in [2.75, 3.05) is 5.88 Å². The van der Waals surface area contributed by atoms with Crippen LogP contribution in [0.2, 0.25) is 0 Å². The lowest BCUT2D eigenvalue weighted by Crippen LogP contribution is -2.22. The topological polar surface area (TPSA) is 59.9 Å². The molecule has 0 aliphatic heterocycles. The van der Waals surface area contributed by atoms with Gasteiger partial charge in [-0.05, 0) is 20.8 Å². The molecular weight excluding hydrogens is 236 g/mol. The lowest BCUT2D eigenvalue weighted by Gasteiger charge is -2.10. The molecule has 0 aliphatic rings. The Bertz CT molecular complexity index is 459. The molecule has 15 heavy (non-hydrogen) atoms. The summed E-state index contributed by atoms with van der Waals surface area (Å²) in [5, 5.41) is -0.607. The fourth-order valence-corrected chi connectivity index (χ4v) is 2.84. The second-order valence-corrected chi connectivity index (χ2v) is 6.00. The van der Waals surface area contributed by atoms with Crippen LogP contribution in [0.15, 0.2) is 11.2 Å². The molecule has 0 radical (unpaired) electrons. The molecule has 4 nitrogen and oxygen atoms in total. The third kappa shape index (κ3) is 2.46. The molecule has 1 atom stereocenters. The van der Waals surface area contributed by atoms with Crippen molar-refractivity contribution in [3.05, 3.63) is 17.6 Å². The van der Waals surface area contributed by atoms with Gasteiger partial charge in [-0.25, -0.2) is 13.4 Å². The highest BCUT2D eigenvalue weighted by molar-refractivity contribution is 7.92. The second kappa shape index (κ2) is 4.45. The van der Waals surface area contributed by atoms with Gasteiger partial charge in [-0.2, -0.15) is 0 Å². The van der Waals surface area contributed by atoms with E-state index >= 15 is 0 Å². The average molecular weight is 249 g/mol. The summed E-state index contributed by atoms with van der Waals surface area (Å²) in [5.74, 6) is 0.0530. The smallest absolute Gasteiger partial charge is 0.201 e. The first-order valence-corrected chi connectivity index (χ1v) is 6.57. The van der Waals surface area contributed by atoms with Crippen molar-refractivity contribution >= 4 is 21.4 Å². The summed E-state index contributed by atoms with van der Waals surface area (Å²) in [5.41, 5.74) is 0.999. The predicted molar refractivity (Wildman–Crippen MR) is 58.9 cm³/mol. The van der Waals surface area contributed by atoms with Crippen molar-refractivity contribution in [3.8, 4) is 0 Å². The summed E-state index contributed by atoms with van der Waals surface area (Å²) in [6.07, 6.45) is 1.54. The number of aromatic nitrogens is 2. The maximum Gasteiger partial charge on any atom is 0.201 e. The summed E-state index contributed by atoms with van der Waals surface area (Å²) in [4.78, 5) is 7.98. The first-order valence-electron chi connectivity index (χ1n) is 4.49. The van der Waals surface area contributed by atoms with E-state index in [1.165, 1.54) is 0 Å². The standard InChI is InChI=1S/C9H13ClN2O2S/c1-6-5-11-8(3)9(12-6)15(13,14)7(2)4-10/h5,7H,4H2,1-3H3. The molecule has 1 aromatic heterocycles. The monoisotopic (exact) mass is 248 g/mol. The number of halogens is 1. The van der Waals surface area contributed by atoms with Gasteiger partial charge in [0.25, 0.3) is 0 Å². The number of rotatable bonds is 3. The summed E-state index contributed by atoms with van der Waals surface area (Å²) in [7, 11) is -3.45. The van der Waals surface area contributed by atoms with E-state index in [2.05, 4.69) is 9.97 Å². The normalized spacial score (nSPS) is 13.9. The van der Waals surface area contributed by atoms with Crippen molar-refractivity contribution in [2.45, 2.75) is 31.0 Å². The van der Waals surface area contributed by atoms with Crippen LogP contribution in [0.4, 0.5) is 0 Å². The number of sulfone groups is 1. The number of aryl methyl sites for hydroxylation is 2. The van der Waals surface area contributed by atoms with Gasteiger partial charge in [-0.15, -0.1) is 11.6 Å². The minimum absolute atomic E-state index is 0.0376. The zero-order valence-corrected chi connectivity index (χ0v) is 10.4. The first-order chi connectivity index (χ1) is 6.89. The molecule has 0 aromatic carbocycles. The Kier molecular flexibility index (Phi) is 3.67. The third-order valence-corrected chi connectivity index (χ3v) is 4.85. The molecule has 1 rings (SSSR count). The molecule has 0 amide bonds. The fourth-order valence-electron chi connectivity index (χ4n) is 1.06. The molecule has 1 aromatic rings. The van der Waals surface area contributed by atoms with Crippen molar-refractivity contribution in [1.29, 1.82) is 0 Å². The van der Waals surface area contributed by atoms with Crippen molar-refractivity contribution in [1.82, 2.24) is 9.97 Å². The lowest BCUT2D eigenvalue weighted by molar-refractivity contribution is 0.581. The van der Waals surface area contributed by atoms with E-state index in [4.69, 9.17) is 11.6 Å². The number of alkyl halides is 1. The Morgan fingerprint density at radius 2 is 2.07 bits per heavy atom. The molecule has 1 heterocycles. The molecule has 84 valence electrons. The molecule has 0 bridgehead atoms. The molecule has 0 fully saturated rings. The molecule has 0 N–H and O–H groups in total. The van der Waals surface area contributed by atoms with Gasteiger partial charge < -0.3 is 0 Å². The Balaban J connectivity index is 3.33. The highest BCUT2D eigenvalue weighted by Gasteiger charge is 2.26. The summed E-state index contributed by atoms with van der Waals surface area (Å²) in [6.45, 7) is 4.89. The lowest BCUT2D eigenvalue weighted by atomic mass is 10.4. The van der Waals surface area contributed by atoms with E-state index in [0.29, 0.717) is 11.4 Å². The Hall–Kier alpha value is -0.680. The summed E-state index contributed by atoms with van der Waals surface area (Å²) in [6, 6.07) is 0. The zero-order valence-electron chi connectivity index (χ0n) is 8.86. The van der Waals surface area contributed by atoms with Gasteiger partial charge in [-0.1, -0.05) is 0 Å². The molecule has 0 saturated carbocycles. The van der Waals surface area contributed by atoms with Crippen LogP contribution in [0, 0.1) is 13.8 Å². The van der Waals surface area contributed by atoms with Crippen LogP contribution in [0.3, 0.4) is 0 Å². The Morgan fingerprint density at radius 1 is 1.47 bits per heavy atom. The summed E-state index contributed by atoms with van der Waals surface area (Å²) >= 11 is 5.55. The molecular formula is C9H13ClN2O2S. The zero-order chi connectivity index (χ0) is 11.6. The van der Waals surface area contributed by atoms with Crippen LogP contribution in [0.25, 0.3) is 0 Å². The third-order valence-electron chi connectivity index (χ3n) is 2.05.